The van der Waals surface area contributed by atoms with Gasteiger partial charge in [-0.1, -0.05) is 30.3 Å². The van der Waals surface area contributed by atoms with Crippen LogP contribution in [0.15, 0.2) is 30.3 Å². The Labute approximate surface area is 103 Å². The zero-order valence-corrected chi connectivity index (χ0v) is 10.2. The summed E-state index contributed by atoms with van der Waals surface area (Å²) in [5, 5.41) is 12.7. The number of benzene rings is 1. The Kier molecular flexibility index (Phi) is 4.54. The van der Waals surface area contributed by atoms with Gasteiger partial charge in [0.25, 0.3) is 0 Å². The molecule has 0 aromatic heterocycles. The first kappa shape index (κ1) is 12.6. The number of hydrogen-bond acceptors (Lipinski definition) is 3. The molecule has 1 aliphatic rings. The number of hydrogen-bond donors (Lipinski definition) is 2. The molecule has 1 fully saturated rings. The molecule has 94 valence electrons. The Morgan fingerprint density at radius 1 is 1.29 bits per heavy atom. The van der Waals surface area contributed by atoms with E-state index in [0.717, 1.165) is 32.5 Å². The fraction of sp³-hybridized carbons (Fsp3) is 0.571. The third-order valence-corrected chi connectivity index (χ3v) is 3.56. The van der Waals surface area contributed by atoms with Gasteiger partial charge in [0.2, 0.25) is 0 Å². The van der Waals surface area contributed by atoms with Crippen molar-refractivity contribution in [2.24, 2.45) is 5.41 Å². The van der Waals surface area contributed by atoms with Crippen molar-refractivity contribution in [3.8, 4) is 0 Å². The van der Waals surface area contributed by atoms with Crippen LogP contribution in [0.2, 0.25) is 0 Å². The molecule has 1 heterocycles. The Bertz CT molecular complexity index is 320. The van der Waals surface area contributed by atoms with Crippen LogP contribution >= 0.6 is 0 Å². The van der Waals surface area contributed by atoms with Gasteiger partial charge in [-0.05, 0) is 24.9 Å². The molecule has 1 aliphatic heterocycles. The lowest BCUT2D eigenvalue weighted by Crippen LogP contribution is -2.29. The van der Waals surface area contributed by atoms with Gasteiger partial charge in [0, 0.05) is 18.6 Å². The van der Waals surface area contributed by atoms with Crippen LogP contribution < -0.4 is 5.32 Å². The van der Waals surface area contributed by atoms with E-state index in [9.17, 15) is 5.11 Å². The zero-order chi connectivity index (χ0) is 12.0. The lowest BCUT2D eigenvalue weighted by molar-refractivity contribution is 0.0599. The van der Waals surface area contributed by atoms with Gasteiger partial charge >= 0.3 is 0 Å². The summed E-state index contributed by atoms with van der Waals surface area (Å²) in [5.41, 5.74) is 1.26. The molecule has 1 atom stereocenters. The predicted molar refractivity (Wildman–Crippen MR) is 67.7 cm³/mol. The van der Waals surface area contributed by atoms with Crippen LogP contribution in [-0.2, 0) is 11.3 Å². The fourth-order valence-corrected chi connectivity index (χ4v) is 2.28. The second kappa shape index (κ2) is 6.15. The van der Waals surface area contributed by atoms with Crippen molar-refractivity contribution in [1.29, 1.82) is 0 Å². The molecule has 0 saturated carbocycles. The summed E-state index contributed by atoms with van der Waals surface area (Å²) < 4.78 is 5.67. The van der Waals surface area contributed by atoms with E-state index in [0.29, 0.717) is 6.61 Å². The van der Waals surface area contributed by atoms with Crippen molar-refractivity contribution >= 4 is 0 Å². The molecule has 2 N–H and O–H groups in total. The van der Waals surface area contributed by atoms with E-state index < -0.39 is 0 Å². The van der Waals surface area contributed by atoms with E-state index >= 15 is 0 Å². The molecular formula is C14H21NO2. The van der Waals surface area contributed by atoms with Gasteiger partial charge in [-0.3, -0.25) is 0 Å². The van der Waals surface area contributed by atoms with Crippen LogP contribution in [0.3, 0.4) is 0 Å². The van der Waals surface area contributed by atoms with Gasteiger partial charge in [-0.25, -0.2) is 0 Å². The normalized spacial score (nSPS) is 24.1. The molecule has 17 heavy (non-hydrogen) atoms. The first-order valence-corrected chi connectivity index (χ1v) is 6.28. The van der Waals surface area contributed by atoms with Gasteiger partial charge in [0.05, 0.1) is 13.2 Å². The van der Waals surface area contributed by atoms with Crippen LogP contribution in [0.5, 0.6) is 0 Å². The van der Waals surface area contributed by atoms with Crippen LogP contribution in [-0.4, -0.2) is 31.4 Å². The summed E-state index contributed by atoms with van der Waals surface area (Å²) in [4.78, 5) is 0. The molecule has 3 nitrogen and oxygen atoms in total. The van der Waals surface area contributed by atoms with E-state index in [1.807, 2.05) is 18.2 Å². The van der Waals surface area contributed by atoms with Crippen LogP contribution in [0.4, 0.5) is 0 Å². The third-order valence-electron chi connectivity index (χ3n) is 3.56. The summed E-state index contributed by atoms with van der Waals surface area (Å²) in [6, 6.07) is 10.2. The topological polar surface area (TPSA) is 41.5 Å². The van der Waals surface area contributed by atoms with E-state index in [-0.39, 0.29) is 12.0 Å². The molecule has 1 aromatic carbocycles. The minimum atomic E-state index is 0.0523. The first-order chi connectivity index (χ1) is 8.35. The number of ether oxygens (including phenoxy) is 1. The number of aliphatic hydroxyl groups is 1. The van der Waals surface area contributed by atoms with Crippen LogP contribution in [0, 0.1) is 5.41 Å². The monoisotopic (exact) mass is 235 g/mol. The summed E-state index contributed by atoms with van der Waals surface area (Å²) in [6.45, 7) is 3.57. The maximum Gasteiger partial charge on any atom is 0.0716 e. The molecule has 3 heteroatoms. The molecule has 1 saturated heterocycles. The van der Waals surface area contributed by atoms with Crippen molar-refractivity contribution < 1.29 is 9.84 Å². The fourth-order valence-electron chi connectivity index (χ4n) is 2.28. The maximum absolute atomic E-state index is 9.44. The summed E-state index contributed by atoms with van der Waals surface area (Å²) in [5.74, 6) is 0. The molecular weight excluding hydrogens is 214 g/mol. The largest absolute Gasteiger partial charge is 0.396 e. The Balaban J connectivity index is 1.69. The zero-order valence-electron chi connectivity index (χ0n) is 10.2. The highest BCUT2D eigenvalue weighted by Crippen LogP contribution is 2.28. The quantitative estimate of drug-likeness (QED) is 0.735. The minimum absolute atomic E-state index is 0.0523. The second-order valence-corrected chi connectivity index (χ2v) is 4.87. The molecule has 0 spiro atoms. The number of aliphatic hydroxyl groups excluding tert-OH is 1. The molecule has 0 aliphatic carbocycles. The lowest BCUT2D eigenvalue weighted by atomic mass is 9.85. The lowest BCUT2D eigenvalue weighted by Gasteiger charge is -2.25. The summed E-state index contributed by atoms with van der Waals surface area (Å²) in [6.07, 6.45) is 1.99. The van der Waals surface area contributed by atoms with Gasteiger partial charge in [-0.2, -0.15) is 0 Å². The average molecular weight is 235 g/mol. The van der Waals surface area contributed by atoms with E-state index in [2.05, 4.69) is 17.4 Å². The highest BCUT2D eigenvalue weighted by molar-refractivity contribution is 5.13. The SMILES string of the molecule is OCC1(CCOCc2ccccc2)CCNC1. The maximum atomic E-state index is 9.44. The molecule has 0 amide bonds. The first-order valence-electron chi connectivity index (χ1n) is 6.28. The van der Waals surface area contributed by atoms with Gasteiger partial charge in [-0.15, -0.1) is 0 Å². The molecule has 1 unspecified atom stereocenters. The molecule has 0 bridgehead atoms. The number of rotatable bonds is 6. The van der Waals surface area contributed by atoms with Crippen molar-refractivity contribution in [2.45, 2.75) is 19.4 Å². The number of nitrogens with one attached hydrogen (secondary N) is 1. The smallest absolute Gasteiger partial charge is 0.0716 e. The third kappa shape index (κ3) is 3.53. The summed E-state index contributed by atoms with van der Waals surface area (Å²) >= 11 is 0. The molecule has 2 rings (SSSR count). The minimum Gasteiger partial charge on any atom is -0.396 e. The van der Waals surface area contributed by atoms with Gasteiger partial charge < -0.3 is 15.2 Å². The summed E-state index contributed by atoms with van der Waals surface area (Å²) in [7, 11) is 0. The standard InChI is InChI=1S/C14H21NO2/c16-12-14(6-8-15-11-14)7-9-17-10-13-4-2-1-3-5-13/h1-5,15-16H,6-12H2. The van der Waals surface area contributed by atoms with Crippen molar-refractivity contribution in [2.75, 3.05) is 26.3 Å². The van der Waals surface area contributed by atoms with Crippen LogP contribution in [0.1, 0.15) is 18.4 Å². The van der Waals surface area contributed by atoms with E-state index in [4.69, 9.17) is 4.74 Å². The Hall–Kier alpha value is -0.900. The van der Waals surface area contributed by atoms with E-state index in [1.165, 1.54) is 5.56 Å². The van der Waals surface area contributed by atoms with Crippen molar-refractivity contribution in [3.63, 3.8) is 0 Å². The van der Waals surface area contributed by atoms with Crippen molar-refractivity contribution in [3.05, 3.63) is 35.9 Å². The molecule has 0 radical (unpaired) electrons. The van der Waals surface area contributed by atoms with Gasteiger partial charge in [0.15, 0.2) is 0 Å². The van der Waals surface area contributed by atoms with Gasteiger partial charge in [0.1, 0.15) is 0 Å². The highest BCUT2D eigenvalue weighted by Gasteiger charge is 2.32. The highest BCUT2D eigenvalue weighted by atomic mass is 16.5. The Morgan fingerprint density at radius 3 is 2.76 bits per heavy atom. The predicted octanol–water partition coefficient (Wildman–Crippen LogP) is 1.57. The molecule has 1 aromatic rings. The van der Waals surface area contributed by atoms with E-state index in [1.54, 1.807) is 0 Å². The van der Waals surface area contributed by atoms with Crippen LogP contribution in [0.25, 0.3) is 0 Å². The Morgan fingerprint density at radius 2 is 2.12 bits per heavy atom. The second-order valence-electron chi connectivity index (χ2n) is 4.87. The average Bonchev–Trinajstić information content (AvgIpc) is 2.85. The van der Waals surface area contributed by atoms with Crippen molar-refractivity contribution in [1.82, 2.24) is 5.32 Å².